The second-order valence-electron chi connectivity index (χ2n) is 18.0. The molecule has 1 aromatic heterocycles. The molecule has 0 fully saturated rings. The summed E-state index contributed by atoms with van der Waals surface area (Å²) in [7, 11) is -1.87. The van der Waals surface area contributed by atoms with Crippen LogP contribution in [-0.2, 0) is 0 Å². The normalized spacial score (nSPS) is 11.9. The third kappa shape index (κ3) is 7.29. The predicted molar refractivity (Wildman–Crippen MR) is 300 cm³/mol. The van der Waals surface area contributed by atoms with Crippen LogP contribution in [0.25, 0.3) is 76.9 Å². The standard InChI is InChI=1S/C68H47NOS/c1-5-20-51(21-6-1)67-65(66-63-31-17-15-29-61(63)62-30-16-18-32-64(62)68(66)70-67)50-37-41-55(42-38-50)69(54-39-35-49(36-40-54)53-34-33-48-19-13-14-22-52(48)47-53)56-43-45-60(46-44-56)71(57-23-7-2-8-24-57,58-25-9-3-10-26-58)59-27-11-4-12-28-59/h1-47H. The third-order valence-corrected chi connectivity index (χ3v) is 17.9. The molecule has 0 atom stereocenters. The first-order valence-electron chi connectivity index (χ1n) is 24.2. The summed E-state index contributed by atoms with van der Waals surface area (Å²) >= 11 is 0. The van der Waals surface area contributed by atoms with E-state index in [2.05, 4.69) is 290 Å². The molecular weight excluding hydrogens is 879 g/mol. The molecule has 336 valence electrons. The van der Waals surface area contributed by atoms with Crippen LogP contribution in [0.4, 0.5) is 17.1 Å². The van der Waals surface area contributed by atoms with Gasteiger partial charge in [-0.2, -0.15) is 0 Å². The molecule has 0 spiro atoms. The van der Waals surface area contributed by atoms with Crippen LogP contribution in [0.1, 0.15) is 0 Å². The molecule has 0 unspecified atom stereocenters. The second-order valence-corrected chi connectivity index (χ2v) is 21.1. The molecule has 0 radical (unpaired) electrons. The quantitative estimate of drug-likeness (QED) is 0.127. The maximum Gasteiger partial charge on any atom is 0.143 e. The smallest absolute Gasteiger partial charge is 0.143 e. The minimum Gasteiger partial charge on any atom is -0.455 e. The molecule has 0 N–H and O–H groups in total. The number of furan rings is 1. The van der Waals surface area contributed by atoms with Crippen molar-refractivity contribution in [3.63, 3.8) is 0 Å². The Morgan fingerprint density at radius 2 is 0.690 bits per heavy atom. The molecule has 13 aromatic rings. The summed E-state index contributed by atoms with van der Waals surface area (Å²) in [6, 6.07) is 104. The Kier molecular flexibility index (Phi) is 10.6. The molecule has 13 rings (SSSR count). The van der Waals surface area contributed by atoms with Crippen LogP contribution in [0.5, 0.6) is 0 Å². The van der Waals surface area contributed by atoms with Gasteiger partial charge in [0.2, 0.25) is 0 Å². The minimum atomic E-state index is -1.87. The molecular formula is C68H47NOS. The number of rotatable bonds is 10. The number of nitrogens with zero attached hydrogens (tertiary/aromatic N) is 1. The Morgan fingerprint density at radius 3 is 1.25 bits per heavy atom. The number of benzene rings is 12. The van der Waals surface area contributed by atoms with Gasteiger partial charge in [-0.25, -0.2) is 0 Å². The van der Waals surface area contributed by atoms with E-state index in [1.807, 2.05) is 0 Å². The Hall–Kier alpha value is -8.89. The van der Waals surface area contributed by atoms with Gasteiger partial charge in [0.1, 0.15) is 11.3 Å². The van der Waals surface area contributed by atoms with Crippen molar-refractivity contribution in [1.82, 2.24) is 0 Å². The lowest BCUT2D eigenvalue weighted by Crippen LogP contribution is -2.10. The number of hydrogen-bond donors (Lipinski definition) is 0. The molecule has 0 aliphatic carbocycles. The zero-order valence-electron chi connectivity index (χ0n) is 38.9. The van der Waals surface area contributed by atoms with E-state index in [9.17, 15) is 0 Å². The van der Waals surface area contributed by atoms with Gasteiger partial charge in [-0.05, 0) is 135 Å². The lowest BCUT2D eigenvalue weighted by atomic mass is 9.92. The van der Waals surface area contributed by atoms with E-state index in [0.29, 0.717) is 0 Å². The van der Waals surface area contributed by atoms with Crippen LogP contribution < -0.4 is 4.90 Å². The molecule has 0 aliphatic rings. The summed E-state index contributed by atoms with van der Waals surface area (Å²) in [5.74, 6) is 0.868. The topological polar surface area (TPSA) is 16.4 Å². The second kappa shape index (κ2) is 17.9. The Morgan fingerprint density at radius 1 is 0.282 bits per heavy atom. The first-order chi connectivity index (χ1) is 35.2. The van der Waals surface area contributed by atoms with Crippen molar-refractivity contribution in [1.29, 1.82) is 0 Å². The van der Waals surface area contributed by atoms with Gasteiger partial charge >= 0.3 is 0 Å². The van der Waals surface area contributed by atoms with Crippen molar-refractivity contribution in [3.8, 4) is 33.6 Å². The summed E-state index contributed by atoms with van der Waals surface area (Å²) in [4.78, 5) is 7.54. The first kappa shape index (κ1) is 42.2. The fraction of sp³-hybridized carbons (Fsp3) is 0. The highest BCUT2D eigenvalue weighted by Crippen LogP contribution is 2.73. The van der Waals surface area contributed by atoms with Crippen molar-refractivity contribution in [2.24, 2.45) is 0 Å². The van der Waals surface area contributed by atoms with Gasteiger partial charge in [0.25, 0.3) is 0 Å². The van der Waals surface area contributed by atoms with Crippen LogP contribution in [0.15, 0.2) is 309 Å². The molecule has 2 nitrogen and oxygen atoms in total. The van der Waals surface area contributed by atoms with Crippen LogP contribution in [0, 0.1) is 0 Å². The molecule has 0 amide bonds. The van der Waals surface area contributed by atoms with Crippen LogP contribution in [-0.4, -0.2) is 0 Å². The van der Waals surface area contributed by atoms with Gasteiger partial charge in [-0.15, -0.1) is 10.0 Å². The lowest BCUT2D eigenvalue weighted by Gasteiger charge is -2.42. The number of anilines is 3. The van der Waals surface area contributed by atoms with E-state index in [4.69, 9.17) is 4.42 Å². The van der Waals surface area contributed by atoms with Crippen LogP contribution in [0.3, 0.4) is 0 Å². The Bertz CT molecular complexity index is 3900. The van der Waals surface area contributed by atoms with E-state index in [1.165, 1.54) is 57.6 Å². The molecule has 0 aliphatic heterocycles. The highest BCUT2D eigenvalue weighted by molar-refractivity contribution is 8.34. The maximum absolute atomic E-state index is 7.07. The van der Waals surface area contributed by atoms with Crippen molar-refractivity contribution in [2.75, 3.05) is 4.90 Å². The van der Waals surface area contributed by atoms with E-state index < -0.39 is 10.0 Å². The summed E-state index contributed by atoms with van der Waals surface area (Å²) in [5, 5.41) is 8.30. The van der Waals surface area contributed by atoms with Crippen molar-refractivity contribution in [3.05, 3.63) is 285 Å². The summed E-state index contributed by atoms with van der Waals surface area (Å²) in [5.41, 5.74) is 9.70. The van der Waals surface area contributed by atoms with Crippen LogP contribution >= 0.6 is 10.0 Å². The van der Waals surface area contributed by atoms with Crippen LogP contribution in [0.2, 0.25) is 0 Å². The molecule has 0 saturated carbocycles. The van der Waals surface area contributed by atoms with Gasteiger partial charge in [0, 0.05) is 58.5 Å². The highest BCUT2D eigenvalue weighted by Gasteiger charge is 2.33. The summed E-state index contributed by atoms with van der Waals surface area (Å²) in [6.07, 6.45) is 0. The fourth-order valence-electron chi connectivity index (χ4n) is 10.7. The van der Waals surface area contributed by atoms with E-state index in [0.717, 1.165) is 55.9 Å². The predicted octanol–water partition coefficient (Wildman–Crippen LogP) is 19.7. The largest absolute Gasteiger partial charge is 0.455 e. The molecule has 1 heterocycles. The Labute approximate surface area is 415 Å². The fourth-order valence-corrected chi connectivity index (χ4v) is 14.6. The van der Waals surface area contributed by atoms with Gasteiger partial charge < -0.3 is 9.32 Å². The lowest BCUT2D eigenvalue weighted by molar-refractivity contribution is 0.636. The Balaban J connectivity index is 0.981. The average molecular weight is 926 g/mol. The van der Waals surface area contributed by atoms with Gasteiger partial charge in [0.15, 0.2) is 0 Å². The number of hydrogen-bond acceptors (Lipinski definition) is 2. The number of fused-ring (bicyclic) bond motifs is 7. The van der Waals surface area contributed by atoms with E-state index in [1.54, 1.807) is 0 Å². The van der Waals surface area contributed by atoms with Crippen molar-refractivity contribution < 1.29 is 4.42 Å². The SMILES string of the molecule is c1ccc(-c2oc3c4ccccc4c4ccccc4c3c2-c2ccc(N(c3ccc(-c4ccc5ccccc5c4)cc3)c3ccc(S(c4ccccc4)(c4ccccc4)c4ccccc4)cc3)cc2)cc1. The first-order valence-corrected chi connectivity index (χ1v) is 25.9. The van der Waals surface area contributed by atoms with E-state index in [-0.39, 0.29) is 0 Å². The van der Waals surface area contributed by atoms with E-state index >= 15 is 0 Å². The van der Waals surface area contributed by atoms with Gasteiger partial charge in [0.05, 0.1) is 0 Å². The van der Waals surface area contributed by atoms with Gasteiger partial charge in [-0.1, -0.05) is 194 Å². The van der Waals surface area contributed by atoms with Crippen molar-refractivity contribution in [2.45, 2.75) is 19.6 Å². The van der Waals surface area contributed by atoms with Crippen molar-refractivity contribution >= 4 is 70.4 Å². The maximum atomic E-state index is 7.07. The average Bonchev–Trinajstić information content (AvgIpc) is 3.87. The van der Waals surface area contributed by atoms with Gasteiger partial charge in [-0.3, -0.25) is 0 Å². The molecule has 0 bridgehead atoms. The molecule has 71 heavy (non-hydrogen) atoms. The molecule has 3 heteroatoms. The third-order valence-electron chi connectivity index (χ3n) is 14.0. The molecule has 0 saturated heterocycles. The monoisotopic (exact) mass is 925 g/mol. The minimum absolute atomic E-state index is 0.868. The summed E-state index contributed by atoms with van der Waals surface area (Å²) in [6.45, 7) is 0. The summed E-state index contributed by atoms with van der Waals surface area (Å²) < 4.78 is 7.07. The molecule has 12 aromatic carbocycles. The zero-order chi connectivity index (χ0) is 47.1. The highest BCUT2D eigenvalue weighted by atomic mass is 32.3. The zero-order valence-corrected chi connectivity index (χ0v) is 39.7.